The smallest absolute Gasteiger partial charge is 0.241 e. The van der Waals surface area contributed by atoms with Gasteiger partial charge in [-0.3, -0.25) is 10.1 Å². The average Bonchev–Trinajstić information content (AvgIpc) is 2.88. The zero-order chi connectivity index (χ0) is 11.5. The second-order valence-corrected chi connectivity index (χ2v) is 5.12. The molecule has 2 fully saturated rings. The molecule has 1 amide bonds. The van der Waals surface area contributed by atoms with Crippen molar-refractivity contribution in [1.82, 2.24) is 10.2 Å². The number of hydrogen-bond donors (Lipinski definition) is 1. The van der Waals surface area contributed by atoms with Gasteiger partial charge in [0, 0.05) is 6.54 Å². The number of rotatable bonds is 4. The van der Waals surface area contributed by atoms with Crippen molar-refractivity contribution in [1.29, 1.82) is 0 Å². The van der Waals surface area contributed by atoms with Crippen molar-refractivity contribution in [2.45, 2.75) is 64.6 Å². The first-order valence-corrected chi connectivity index (χ1v) is 6.84. The highest BCUT2D eigenvalue weighted by Crippen LogP contribution is 2.32. The van der Waals surface area contributed by atoms with E-state index in [4.69, 9.17) is 0 Å². The summed E-state index contributed by atoms with van der Waals surface area (Å²) in [5.74, 6) is 1.03. The van der Waals surface area contributed by atoms with Crippen LogP contribution in [0, 0.1) is 5.92 Å². The van der Waals surface area contributed by atoms with Gasteiger partial charge in [-0.1, -0.05) is 26.2 Å². The molecule has 2 aliphatic rings. The molecule has 0 bridgehead atoms. The van der Waals surface area contributed by atoms with Crippen molar-refractivity contribution in [3.05, 3.63) is 0 Å². The zero-order valence-corrected chi connectivity index (χ0v) is 10.5. The highest BCUT2D eigenvalue weighted by atomic mass is 16.2. The van der Waals surface area contributed by atoms with Crippen molar-refractivity contribution in [3.8, 4) is 0 Å². The summed E-state index contributed by atoms with van der Waals surface area (Å²) >= 11 is 0. The normalized spacial score (nSPS) is 31.6. The van der Waals surface area contributed by atoms with Crippen LogP contribution in [0.25, 0.3) is 0 Å². The van der Waals surface area contributed by atoms with Crippen LogP contribution in [-0.2, 0) is 4.79 Å². The fourth-order valence-corrected chi connectivity index (χ4v) is 3.22. The van der Waals surface area contributed by atoms with Crippen molar-refractivity contribution < 1.29 is 4.79 Å². The SMILES string of the molecule is CCCC1NC(C2CCCC2)N(CC)C1=O. The van der Waals surface area contributed by atoms with Gasteiger partial charge in [-0.25, -0.2) is 0 Å². The van der Waals surface area contributed by atoms with Crippen LogP contribution in [0.4, 0.5) is 0 Å². The second-order valence-electron chi connectivity index (χ2n) is 5.12. The maximum atomic E-state index is 12.2. The molecule has 2 rings (SSSR count). The minimum Gasteiger partial charge on any atom is -0.326 e. The van der Waals surface area contributed by atoms with Crippen LogP contribution in [-0.4, -0.2) is 29.6 Å². The molecule has 2 unspecified atom stereocenters. The average molecular weight is 224 g/mol. The van der Waals surface area contributed by atoms with E-state index in [1.807, 2.05) is 0 Å². The maximum Gasteiger partial charge on any atom is 0.241 e. The van der Waals surface area contributed by atoms with Crippen LogP contribution >= 0.6 is 0 Å². The molecule has 0 radical (unpaired) electrons. The van der Waals surface area contributed by atoms with Gasteiger partial charge in [0.15, 0.2) is 0 Å². The topological polar surface area (TPSA) is 32.3 Å². The Bertz CT molecular complexity index is 248. The number of carbonyl (C=O) groups is 1. The molecule has 1 aliphatic carbocycles. The molecule has 0 aromatic rings. The molecule has 1 N–H and O–H groups in total. The van der Waals surface area contributed by atoms with E-state index in [0.29, 0.717) is 18.0 Å². The highest BCUT2D eigenvalue weighted by molar-refractivity contribution is 5.84. The van der Waals surface area contributed by atoms with Crippen LogP contribution in [0.15, 0.2) is 0 Å². The van der Waals surface area contributed by atoms with E-state index >= 15 is 0 Å². The lowest BCUT2D eigenvalue weighted by Gasteiger charge is -2.27. The van der Waals surface area contributed by atoms with Gasteiger partial charge in [0.2, 0.25) is 5.91 Å². The van der Waals surface area contributed by atoms with E-state index < -0.39 is 0 Å². The molecule has 0 aromatic carbocycles. The predicted octanol–water partition coefficient (Wildman–Crippen LogP) is 2.12. The molecule has 0 aromatic heterocycles. The number of carbonyl (C=O) groups excluding carboxylic acids is 1. The molecule has 1 saturated carbocycles. The Morgan fingerprint density at radius 2 is 2.00 bits per heavy atom. The van der Waals surface area contributed by atoms with Gasteiger partial charge in [-0.15, -0.1) is 0 Å². The summed E-state index contributed by atoms with van der Waals surface area (Å²) < 4.78 is 0. The summed E-state index contributed by atoms with van der Waals surface area (Å²) in [5.41, 5.74) is 0. The van der Waals surface area contributed by atoms with E-state index in [0.717, 1.165) is 19.4 Å². The third kappa shape index (κ3) is 2.10. The highest BCUT2D eigenvalue weighted by Gasteiger charge is 2.41. The monoisotopic (exact) mass is 224 g/mol. The number of nitrogens with zero attached hydrogens (tertiary/aromatic N) is 1. The van der Waals surface area contributed by atoms with Crippen molar-refractivity contribution in [2.75, 3.05) is 6.54 Å². The maximum absolute atomic E-state index is 12.2. The van der Waals surface area contributed by atoms with Crippen LogP contribution < -0.4 is 5.32 Å². The van der Waals surface area contributed by atoms with E-state index in [9.17, 15) is 4.79 Å². The van der Waals surface area contributed by atoms with Crippen LogP contribution in [0.1, 0.15) is 52.4 Å². The summed E-state index contributed by atoms with van der Waals surface area (Å²) in [4.78, 5) is 14.2. The summed E-state index contributed by atoms with van der Waals surface area (Å²) in [5, 5.41) is 3.56. The summed E-state index contributed by atoms with van der Waals surface area (Å²) in [7, 11) is 0. The predicted molar refractivity (Wildman–Crippen MR) is 65.0 cm³/mol. The van der Waals surface area contributed by atoms with Crippen molar-refractivity contribution in [2.24, 2.45) is 5.92 Å². The van der Waals surface area contributed by atoms with Gasteiger partial charge in [-0.05, 0) is 32.1 Å². The number of amides is 1. The first kappa shape index (κ1) is 11.9. The summed E-state index contributed by atoms with van der Waals surface area (Å²) in [6.45, 7) is 5.09. The van der Waals surface area contributed by atoms with E-state index in [1.165, 1.54) is 25.7 Å². The molecule has 16 heavy (non-hydrogen) atoms. The molecule has 92 valence electrons. The van der Waals surface area contributed by atoms with Crippen molar-refractivity contribution >= 4 is 5.91 Å². The number of hydrogen-bond acceptors (Lipinski definition) is 2. The van der Waals surface area contributed by atoms with E-state index in [1.54, 1.807) is 0 Å². The zero-order valence-electron chi connectivity index (χ0n) is 10.5. The fourth-order valence-electron chi connectivity index (χ4n) is 3.22. The van der Waals surface area contributed by atoms with Gasteiger partial charge in [-0.2, -0.15) is 0 Å². The van der Waals surface area contributed by atoms with Crippen LogP contribution in [0.3, 0.4) is 0 Å². The van der Waals surface area contributed by atoms with E-state index in [2.05, 4.69) is 24.1 Å². The molecule has 3 heteroatoms. The molecule has 0 spiro atoms. The Morgan fingerprint density at radius 1 is 1.31 bits per heavy atom. The Kier molecular flexibility index (Phi) is 3.85. The summed E-state index contributed by atoms with van der Waals surface area (Å²) in [6, 6.07) is 0.0931. The standard InChI is InChI=1S/C13H24N2O/c1-3-7-11-13(16)15(4-2)12(14-11)10-8-5-6-9-10/h10-12,14H,3-9H2,1-2H3. The fraction of sp³-hybridized carbons (Fsp3) is 0.923. The number of nitrogens with one attached hydrogen (secondary N) is 1. The lowest BCUT2D eigenvalue weighted by molar-refractivity contribution is -0.130. The Morgan fingerprint density at radius 3 is 2.56 bits per heavy atom. The summed E-state index contributed by atoms with van der Waals surface area (Å²) in [6.07, 6.45) is 7.66. The van der Waals surface area contributed by atoms with E-state index in [-0.39, 0.29) is 6.04 Å². The van der Waals surface area contributed by atoms with Crippen LogP contribution in [0.2, 0.25) is 0 Å². The Labute approximate surface area is 98.6 Å². The lowest BCUT2D eigenvalue weighted by atomic mass is 10.0. The molecular formula is C13H24N2O. The minimum absolute atomic E-state index is 0.0931. The largest absolute Gasteiger partial charge is 0.326 e. The molecule has 3 nitrogen and oxygen atoms in total. The Balaban J connectivity index is 2.03. The van der Waals surface area contributed by atoms with Crippen molar-refractivity contribution in [3.63, 3.8) is 0 Å². The number of likely N-dealkylation sites (N-methyl/N-ethyl adjacent to an activating group) is 1. The third-order valence-corrected chi connectivity index (χ3v) is 4.05. The van der Waals surface area contributed by atoms with Gasteiger partial charge in [0.1, 0.15) is 0 Å². The molecular weight excluding hydrogens is 200 g/mol. The first-order valence-electron chi connectivity index (χ1n) is 6.84. The molecule has 1 saturated heterocycles. The lowest BCUT2D eigenvalue weighted by Crippen LogP contribution is -2.42. The quantitative estimate of drug-likeness (QED) is 0.793. The van der Waals surface area contributed by atoms with Gasteiger partial charge < -0.3 is 4.90 Å². The third-order valence-electron chi connectivity index (χ3n) is 4.05. The molecule has 2 atom stereocenters. The molecule has 1 heterocycles. The minimum atomic E-state index is 0.0931. The molecule has 1 aliphatic heterocycles. The second kappa shape index (κ2) is 5.17. The van der Waals surface area contributed by atoms with Gasteiger partial charge >= 0.3 is 0 Å². The first-order chi connectivity index (χ1) is 7.77. The van der Waals surface area contributed by atoms with Gasteiger partial charge in [0.25, 0.3) is 0 Å². The van der Waals surface area contributed by atoms with Gasteiger partial charge in [0.05, 0.1) is 12.2 Å². The van der Waals surface area contributed by atoms with Crippen LogP contribution in [0.5, 0.6) is 0 Å². The Hall–Kier alpha value is -0.570.